The standard InChI is InChI=1S/C21H27N5O/c1-15-12-13-26(16-8-4-5-9-16)20-18(25(15)2)14-22-21(24-20)23-17-10-6-7-11-19(17)27-3/h6-7,10-11,14,16H,1,4-5,8-9,12-13H2,2-3H3,(H,22,23,24). The highest BCUT2D eigenvalue weighted by molar-refractivity contribution is 5.73. The van der Waals surface area contributed by atoms with Crippen molar-refractivity contribution in [2.45, 2.75) is 38.1 Å². The lowest BCUT2D eigenvalue weighted by molar-refractivity contribution is 0.417. The number of hydrogen-bond acceptors (Lipinski definition) is 6. The van der Waals surface area contributed by atoms with Gasteiger partial charge in [-0.1, -0.05) is 31.6 Å². The quantitative estimate of drug-likeness (QED) is 0.870. The van der Waals surface area contributed by atoms with E-state index < -0.39 is 0 Å². The minimum Gasteiger partial charge on any atom is -0.495 e. The summed E-state index contributed by atoms with van der Waals surface area (Å²) in [5.41, 5.74) is 2.99. The van der Waals surface area contributed by atoms with Gasteiger partial charge in [0.1, 0.15) is 11.4 Å². The molecule has 1 aromatic carbocycles. The van der Waals surface area contributed by atoms with Gasteiger partial charge in [-0.25, -0.2) is 4.98 Å². The van der Waals surface area contributed by atoms with Crippen molar-refractivity contribution in [3.05, 3.63) is 42.7 Å². The zero-order chi connectivity index (χ0) is 18.8. The molecule has 2 heterocycles. The summed E-state index contributed by atoms with van der Waals surface area (Å²) >= 11 is 0. The van der Waals surface area contributed by atoms with E-state index >= 15 is 0 Å². The molecule has 0 amide bonds. The van der Waals surface area contributed by atoms with Crippen LogP contribution in [0.15, 0.2) is 42.7 Å². The third kappa shape index (κ3) is 3.44. The summed E-state index contributed by atoms with van der Waals surface area (Å²) in [5.74, 6) is 2.35. The first kappa shape index (κ1) is 17.6. The average molecular weight is 365 g/mol. The van der Waals surface area contributed by atoms with Gasteiger partial charge >= 0.3 is 0 Å². The Balaban J connectivity index is 1.71. The van der Waals surface area contributed by atoms with Crippen molar-refractivity contribution in [1.82, 2.24) is 9.97 Å². The number of nitrogens with zero attached hydrogens (tertiary/aromatic N) is 4. The van der Waals surface area contributed by atoms with Gasteiger partial charge < -0.3 is 19.9 Å². The van der Waals surface area contributed by atoms with Gasteiger partial charge in [-0.2, -0.15) is 4.98 Å². The van der Waals surface area contributed by atoms with Gasteiger partial charge in [0.15, 0.2) is 5.82 Å². The van der Waals surface area contributed by atoms with Crippen LogP contribution in [0, 0.1) is 0 Å². The normalized spacial score (nSPS) is 17.6. The molecule has 1 N–H and O–H groups in total. The molecule has 1 aliphatic heterocycles. The Bertz CT molecular complexity index is 831. The predicted molar refractivity (Wildman–Crippen MR) is 110 cm³/mol. The van der Waals surface area contributed by atoms with E-state index in [2.05, 4.69) is 33.7 Å². The van der Waals surface area contributed by atoms with Crippen molar-refractivity contribution in [2.75, 3.05) is 35.8 Å². The molecular formula is C21H27N5O. The molecule has 6 nitrogen and oxygen atoms in total. The number of rotatable bonds is 4. The van der Waals surface area contributed by atoms with Crippen LogP contribution in [0.3, 0.4) is 0 Å². The third-order valence-electron chi connectivity index (χ3n) is 5.62. The smallest absolute Gasteiger partial charge is 0.229 e. The summed E-state index contributed by atoms with van der Waals surface area (Å²) in [6, 6.07) is 8.36. The minimum atomic E-state index is 0.553. The maximum Gasteiger partial charge on any atom is 0.229 e. The minimum absolute atomic E-state index is 0.553. The number of hydrogen-bond donors (Lipinski definition) is 1. The van der Waals surface area contributed by atoms with E-state index in [4.69, 9.17) is 9.72 Å². The van der Waals surface area contributed by atoms with Crippen LogP contribution in [0.25, 0.3) is 0 Å². The van der Waals surface area contributed by atoms with Crippen molar-refractivity contribution >= 4 is 23.1 Å². The average Bonchev–Trinajstić information content (AvgIpc) is 3.19. The fourth-order valence-corrected chi connectivity index (χ4v) is 4.01. The molecule has 1 fully saturated rings. The molecule has 0 bridgehead atoms. The number of ether oxygens (including phenoxy) is 1. The molecule has 0 atom stereocenters. The predicted octanol–water partition coefficient (Wildman–Crippen LogP) is 4.33. The van der Waals surface area contributed by atoms with Crippen LogP contribution in [-0.4, -0.2) is 36.7 Å². The molecular weight excluding hydrogens is 338 g/mol. The van der Waals surface area contributed by atoms with Crippen molar-refractivity contribution in [3.63, 3.8) is 0 Å². The highest BCUT2D eigenvalue weighted by Gasteiger charge is 2.30. The Morgan fingerprint density at radius 2 is 2.00 bits per heavy atom. The molecule has 6 heteroatoms. The van der Waals surface area contributed by atoms with Crippen molar-refractivity contribution in [1.29, 1.82) is 0 Å². The lowest BCUT2D eigenvalue weighted by Gasteiger charge is -2.30. The topological polar surface area (TPSA) is 53.5 Å². The number of fused-ring (bicyclic) bond motifs is 1. The van der Waals surface area contributed by atoms with Crippen LogP contribution >= 0.6 is 0 Å². The second kappa shape index (κ2) is 7.47. The number of aromatic nitrogens is 2. The van der Waals surface area contributed by atoms with Crippen molar-refractivity contribution in [3.8, 4) is 5.75 Å². The summed E-state index contributed by atoms with van der Waals surface area (Å²) in [6.45, 7) is 5.19. The van der Waals surface area contributed by atoms with E-state index in [1.54, 1.807) is 7.11 Å². The Morgan fingerprint density at radius 3 is 2.78 bits per heavy atom. The Kier molecular flexibility index (Phi) is 4.88. The first-order valence-electron chi connectivity index (χ1n) is 9.62. The molecule has 1 saturated carbocycles. The Morgan fingerprint density at radius 1 is 1.22 bits per heavy atom. The lowest BCUT2D eigenvalue weighted by Crippen LogP contribution is -2.34. The van der Waals surface area contributed by atoms with E-state index in [1.165, 1.54) is 25.7 Å². The lowest BCUT2D eigenvalue weighted by atomic mass is 10.2. The van der Waals surface area contributed by atoms with Crippen LogP contribution in [0.2, 0.25) is 0 Å². The Labute approximate surface area is 160 Å². The molecule has 27 heavy (non-hydrogen) atoms. The van der Waals surface area contributed by atoms with Gasteiger partial charge in [0.2, 0.25) is 5.95 Å². The molecule has 0 radical (unpaired) electrons. The Hall–Kier alpha value is -2.76. The van der Waals surface area contributed by atoms with E-state index in [9.17, 15) is 0 Å². The number of para-hydroxylation sites is 2. The number of anilines is 4. The SMILES string of the molecule is C=C1CCN(C2CCCC2)c2nc(Nc3ccccc3OC)ncc2N1C. The number of benzene rings is 1. The summed E-state index contributed by atoms with van der Waals surface area (Å²) in [6.07, 6.45) is 7.90. The molecule has 1 aromatic heterocycles. The zero-order valence-electron chi connectivity index (χ0n) is 16.1. The summed E-state index contributed by atoms with van der Waals surface area (Å²) in [7, 11) is 3.72. The van der Waals surface area contributed by atoms with Gasteiger partial charge in [-0.05, 0) is 25.0 Å². The summed E-state index contributed by atoms with van der Waals surface area (Å²) in [4.78, 5) is 14.1. The fourth-order valence-electron chi connectivity index (χ4n) is 4.01. The number of nitrogens with one attached hydrogen (secondary N) is 1. The van der Waals surface area contributed by atoms with Crippen molar-refractivity contribution < 1.29 is 4.74 Å². The van der Waals surface area contributed by atoms with Crippen LogP contribution in [-0.2, 0) is 0 Å². The molecule has 1 aliphatic carbocycles. The van der Waals surface area contributed by atoms with Crippen LogP contribution in [0.4, 0.5) is 23.1 Å². The van der Waals surface area contributed by atoms with Gasteiger partial charge in [0.05, 0.1) is 19.0 Å². The molecule has 4 rings (SSSR count). The van der Waals surface area contributed by atoms with Crippen LogP contribution in [0.5, 0.6) is 5.75 Å². The van der Waals surface area contributed by atoms with Gasteiger partial charge in [-0.15, -0.1) is 0 Å². The highest BCUT2D eigenvalue weighted by atomic mass is 16.5. The molecule has 2 aliphatic rings. The number of methoxy groups -OCH3 is 1. The molecule has 142 valence electrons. The van der Waals surface area contributed by atoms with E-state index in [1.807, 2.05) is 30.5 Å². The first-order chi connectivity index (χ1) is 13.2. The van der Waals surface area contributed by atoms with Gasteiger partial charge in [0, 0.05) is 31.8 Å². The second-order valence-electron chi connectivity index (χ2n) is 7.23. The largest absolute Gasteiger partial charge is 0.495 e. The molecule has 0 saturated heterocycles. The van der Waals surface area contributed by atoms with Crippen LogP contribution < -0.4 is 19.9 Å². The maximum absolute atomic E-state index is 5.44. The van der Waals surface area contributed by atoms with E-state index in [0.717, 1.165) is 41.6 Å². The van der Waals surface area contributed by atoms with Gasteiger partial charge in [0.25, 0.3) is 0 Å². The van der Waals surface area contributed by atoms with Crippen LogP contribution in [0.1, 0.15) is 32.1 Å². The van der Waals surface area contributed by atoms with E-state index in [-0.39, 0.29) is 0 Å². The molecule has 0 unspecified atom stereocenters. The first-order valence-corrected chi connectivity index (χ1v) is 9.62. The van der Waals surface area contributed by atoms with Gasteiger partial charge in [-0.3, -0.25) is 0 Å². The fraction of sp³-hybridized carbons (Fsp3) is 0.429. The highest BCUT2D eigenvalue weighted by Crippen LogP contribution is 2.38. The van der Waals surface area contributed by atoms with Crippen molar-refractivity contribution in [2.24, 2.45) is 0 Å². The summed E-state index contributed by atoms with van der Waals surface area (Å²) in [5, 5.41) is 3.32. The monoisotopic (exact) mass is 365 g/mol. The maximum atomic E-state index is 5.44. The molecule has 0 spiro atoms. The van der Waals surface area contributed by atoms with E-state index in [0.29, 0.717) is 12.0 Å². The summed E-state index contributed by atoms with van der Waals surface area (Å²) < 4.78 is 5.44. The molecule has 2 aromatic rings. The second-order valence-corrected chi connectivity index (χ2v) is 7.23. The third-order valence-corrected chi connectivity index (χ3v) is 5.62. The zero-order valence-corrected chi connectivity index (χ0v) is 16.1.